The van der Waals surface area contributed by atoms with Crippen molar-refractivity contribution in [3.63, 3.8) is 0 Å². The number of hydrogen-bond donors (Lipinski definition) is 3. The maximum absolute atomic E-state index is 14.2. The van der Waals surface area contributed by atoms with E-state index in [1.807, 2.05) is 24.3 Å². The lowest BCUT2D eigenvalue weighted by Crippen LogP contribution is -2.43. The summed E-state index contributed by atoms with van der Waals surface area (Å²) in [7, 11) is 0. The summed E-state index contributed by atoms with van der Waals surface area (Å²) in [5, 5.41) is 6.44. The van der Waals surface area contributed by atoms with E-state index >= 15 is 0 Å². The SMILES string of the molecule is NCCc1ccc(Oc2ccc(F)c(C(=O)N[C@H]3C[C@H]4CC[C@@H]3N4)c2)cc1. The van der Waals surface area contributed by atoms with Crippen LogP contribution >= 0.6 is 0 Å². The Hall–Kier alpha value is -2.44. The molecule has 2 bridgehead atoms. The van der Waals surface area contributed by atoms with Crippen LogP contribution in [0.3, 0.4) is 0 Å². The molecule has 0 unspecified atom stereocenters. The number of amides is 1. The molecule has 4 N–H and O–H groups in total. The molecule has 142 valence electrons. The second kappa shape index (κ2) is 7.66. The van der Waals surface area contributed by atoms with Gasteiger partial charge in [0.25, 0.3) is 5.91 Å². The van der Waals surface area contributed by atoms with Gasteiger partial charge in [-0.3, -0.25) is 4.79 Å². The first-order valence-electron chi connectivity index (χ1n) is 9.45. The van der Waals surface area contributed by atoms with Crippen molar-refractivity contribution in [2.45, 2.75) is 43.8 Å². The number of fused-ring (bicyclic) bond motifs is 2. The fraction of sp³-hybridized carbons (Fsp3) is 0.381. The van der Waals surface area contributed by atoms with Crippen LogP contribution in [0.4, 0.5) is 4.39 Å². The Kier molecular flexibility index (Phi) is 5.09. The Morgan fingerprint density at radius 1 is 1.19 bits per heavy atom. The molecule has 3 atom stereocenters. The van der Waals surface area contributed by atoms with E-state index in [0.29, 0.717) is 30.1 Å². The van der Waals surface area contributed by atoms with Gasteiger partial charge in [-0.25, -0.2) is 4.39 Å². The largest absolute Gasteiger partial charge is 0.457 e. The molecule has 0 radical (unpaired) electrons. The van der Waals surface area contributed by atoms with Gasteiger partial charge < -0.3 is 21.1 Å². The van der Waals surface area contributed by atoms with Crippen LogP contribution in [-0.4, -0.2) is 30.6 Å². The molecule has 2 saturated heterocycles. The van der Waals surface area contributed by atoms with Gasteiger partial charge in [-0.05, 0) is 68.1 Å². The Morgan fingerprint density at radius 3 is 2.63 bits per heavy atom. The van der Waals surface area contributed by atoms with Crippen LogP contribution in [0.2, 0.25) is 0 Å². The predicted octanol–water partition coefficient (Wildman–Crippen LogP) is 2.74. The number of ether oxygens (including phenoxy) is 1. The van der Waals surface area contributed by atoms with Crippen LogP contribution in [0.15, 0.2) is 42.5 Å². The highest BCUT2D eigenvalue weighted by Gasteiger charge is 2.39. The Bertz CT molecular complexity index is 825. The fourth-order valence-electron chi connectivity index (χ4n) is 4.00. The lowest BCUT2D eigenvalue weighted by molar-refractivity contribution is 0.0926. The Balaban J connectivity index is 1.45. The summed E-state index contributed by atoms with van der Waals surface area (Å²) in [4.78, 5) is 12.6. The van der Waals surface area contributed by atoms with Crippen molar-refractivity contribution in [3.8, 4) is 11.5 Å². The molecular weight excluding hydrogens is 345 g/mol. The highest BCUT2D eigenvalue weighted by atomic mass is 19.1. The molecule has 2 fully saturated rings. The Morgan fingerprint density at radius 2 is 1.96 bits per heavy atom. The van der Waals surface area contributed by atoms with Gasteiger partial charge in [-0.15, -0.1) is 0 Å². The molecule has 4 rings (SSSR count). The first-order chi connectivity index (χ1) is 13.1. The maximum Gasteiger partial charge on any atom is 0.254 e. The van der Waals surface area contributed by atoms with Crippen LogP contribution < -0.4 is 21.1 Å². The number of carbonyl (C=O) groups excluding carboxylic acids is 1. The third-order valence-corrected chi connectivity index (χ3v) is 5.39. The quantitative estimate of drug-likeness (QED) is 0.732. The van der Waals surface area contributed by atoms with Gasteiger partial charge in [0.15, 0.2) is 0 Å². The minimum atomic E-state index is -0.547. The number of rotatable bonds is 6. The molecule has 0 spiro atoms. The lowest BCUT2D eigenvalue weighted by Gasteiger charge is -2.21. The van der Waals surface area contributed by atoms with Crippen molar-refractivity contribution in [2.75, 3.05) is 6.54 Å². The van der Waals surface area contributed by atoms with Crippen LogP contribution in [0, 0.1) is 5.82 Å². The van der Waals surface area contributed by atoms with Crippen molar-refractivity contribution < 1.29 is 13.9 Å². The number of nitrogens with two attached hydrogens (primary N) is 1. The summed E-state index contributed by atoms with van der Waals surface area (Å²) in [6.45, 7) is 0.592. The van der Waals surface area contributed by atoms with Crippen molar-refractivity contribution in [1.82, 2.24) is 10.6 Å². The average molecular weight is 369 g/mol. The number of hydrogen-bond acceptors (Lipinski definition) is 4. The fourth-order valence-corrected chi connectivity index (χ4v) is 4.00. The predicted molar refractivity (Wildman–Crippen MR) is 101 cm³/mol. The maximum atomic E-state index is 14.2. The molecule has 2 aliphatic heterocycles. The molecule has 5 nitrogen and oxygen atoms in total. The molecule has 2 aliphatic rings. The first kappa shape index (κ1) is 17.9. The van der Waals surface area contributed by atoms with Gasteiger partial charge in [-0.1, -0.05) is 12.1 Å². The highest BCUT2D eigenvalue weighted by molar-refractivity contribution is 5.95. The van der Waals surface area contributed by atoms with Crippen molar-refractivity contribution in [2.24, 2.45) is 5.73 Å². The smallest absolute Gasteiger partial charge is 0.254 e. The second-order valence-electron chi connectivity index (χ2n) is 7.29. The van der Waals surface area contributed by atoms with E-state index < -0.39 is 11.7 Å². The van der Waals surface area contributed by atoms with E-state index in [2.05, 4.69) is 10.6 Å². The van der Waals surface area contributed by atoms with Gasteiger partial charge >= 0.3 is 0 Å². The van der Waals surface area contributed by atoms with Crippen LogP contribution in [0.25, 0.3) is 0 Å². The zero-order valence-corrected chi connectivity index (χ0v) is 15.1. The van der Waals surface area contributed by atoms with Crippen molar-refractivity contribution in [3.05, 3.63) is 59.4 Å². The number of carbonyl (C=O) groups is 1. The van der Waals surface area contributed by atoms with Crippen LogP contribution in [0.5, 0.6) is 11.5 Å². The zero-order chi connectivity index (χ0) is 18.8. The molecule has 0 saturated carbocycles. The van der Waals surface area contributed by atoms with Gasteiger partial charge in [0.2, 0.25) is 0 Å². The molecule has 0 aliphatic carbocycles. The molecule has 1 amide bonds. The van der Waals surface area contributed by atoms with Crippen LogP contribution in [0.1, 0.15) is 35.2 Å². The second-order valence-corrected chi connectivity index (χ2v) is 7.29. The number of halogens is 1. The van der Waals surface area contributed by atoms with Gasteiger partial charge in [0.05, 0.1) is 5.56 Å². The van der Waals surface area contributed by atoms with Crippen molar-refractivity contribution in [1.29, 1.82) is 0 Å². The van der Waals surface area contributed by atoms with Gasteiger partial charge in [0, 0.05) is 18.1 Å². The third-order valence-electron chi connectivity index (χ3n) is 5.39. The molecule has 0 aromatic heterocycles. The average Bonchev–Trinajstić information content (AvgIpc) is 3.28. The van der Waals surface area contributed by atoms with E-state index in [1.165, 1.54) is 18.2 Å². The highest BCUT2D eigenvalue weighted by Crippen LogP contribution is 2.29. The van der Waals surface area contributed by atoms with E-state index in [1.54, 1.807) is 0 Å². The number of benzene rings is 2. The molecule has 2 heterocycles. The van der Waals surface area contributed by atoms with E-state index in [0.717, 1.165) is 31.2 Å². The summed E-state index contributed by atoms with van der Waals surface area (Å²) in [5.74, 6) is 0.120. The monoisotopic (exact) mass is 369 g/mol. The normalized spacial score (nSPS) is 23.4. The van der Waals surface area contributed by atoms with Crippen molar-refractivity contribution >= 4 is 5.91 Å². The standard InChI is InChI=1S/C21H24FN3O2/c22-18-7-6-16(27-15-4-1-13(2-5-15)9-10-23)12-17(18)21(26)25-20-11-14-3-8-19(20)24-14/h1-2,4-7,12,14,19-20,24H,3,8-11,23H2,(H,25,26)/t14-,19+,20+/m1/s1. The summed E-state index contributed by atoms with van der Waals surface area (Å²) in [5.41, 5.74) is 6.69. The van der Waals surface area contributed by atoms with E-state index in [-0.39, 0.29) is 11.6 Å². The summed E-state index contributed by atoms with van der Waals surface area (Å²) < 4.78 is 20.0. The topological polar surface area (TPSA) is 76.4 Å². The first-order valence-corrected chi connectivity index (χ1v) is 9.45. The summed E-state index contributed by atoms with van der Waals surface area (Å²) >= 11 is 0. The zero-order valence-electron chi connectivity index (χ0n) is 15.1. The van der Waals surface area contributed by atoms with Crippen LogP contribution in [-0.2, 0) is 6.42 Å². The van der Waals surface area contributed by atoms with E-state index in [4.69, 9.17) is 10.5 Å². The van der Waals surface area contributed by atoms with E-state index in [9.17, 15) is 9.18 Å². The lowest BCUT2D eigenvalue weighted by atomic mass is 9.95. The third kappa shape index (κ3) is 3.96. The minimum Gasteiger partial charge on any atom is -0.457 e. The molecule has 6 heteroatoms. The molecular formula is C21H24FN3O2. The molecule has 27 heavy (non-hydrogen) atoms. The Labute approximate surface area is 158 Å². The minimum absolute atomic E-state index is 0.00928. The summed E-state index contributed by atoms with van der Waals surface area (Å²) in [6, 6.07) is 12.7. The number of nitrogens with one attached hydrogen (secondary N) is 2. The molecule has 2 aromatic rings. The van der Waals surface area contributed by atoms with Gasteiger partial charge in [0.1, 0.15) is 17.3 Å². The van der Waals surface area contributed by atoms with Gasteiger partial charge in [-0.2, -0.15) is 0 Å². The summed E-state index contributed by atoms with van der Waals surface area (Å²) in [6.07, 6.45) is 3.92. The molecule has 2 aromatic carbocycles.